The number of ether oxygens (including phenoxy) is 1. The van der Waals surface area contributed by atoms with E-state index in [1.807, 2.05) is 25.9 Å². The number of likely N-dealkylation sites (N-methyl/N-ethyl adjacent to an activating group) is 1. The molecule has 17 heavy (non-hydrogen) atoms. The number of aliphatic hydroxyl groups excluding tert-OH is 1. The molecule has 102 valence electrons. The molecule has 0 aromatic rings. The van der Waals surface area contributed by atoms with Crippen molar-refractivity contribution < 1.29 is 19.7 Å². The van der Waals surface area contributed by atoms with Crippen molar-refractivity contribution >= 4 is 5.97 Å². The average molecular weight is 248 g/mol. The van der Waals surface area contributed by atoms with Crippen LogP contribution in [-0.4, -0.2) is 85.6 Å². The maximum Gasteiger partial charge on any atom is 0.317 e. The predicted molar refractivity (Wildman–Crippen MR) is 65.1 cm³/mol. The monoisotopic (exact) mass is 248 g/mol. The summed E-state index contributed by atoms with van der Waals surface area (Å²) < 4.78 is 5.09. The van der Waals surface area contributed by atoms with Gasteiger partial charge in [-0.3, -0.25) is 9.69 Å². The molecule has 2 N–H and O–H groups in total. The Morgan fingerprint density at radius 1 is 1.35 bits per heavy atom. The van der Waals surface area contributed by atoms with Gasteiger partial charge in [-0.15, -0.1) is 0 Å². The Kier molecular flexibility index (Phi) is 8.97. The number of aliphatic carboxylic acids is 1. The lowest BCUT2D eigenvalue weighted by Gasteiger charge is -2.24. The Balaban J connectivity index is 4.03. The van der Waals surface area contributed by atoms with Gasteiger partial charge in [0.25, 0.3) is 0 Å². The first-order chi connectivity index (χ1) is 7.95. The van der Waals surface area contributed by atoms with Crippen LogP contribution in [0.15, 0.2) is 0 Å². The van der Waals surface area contributed by atoms with Gasteiger partial charge in [-0.05, 0) is 21.0 Å². The minimum absolute atomic E-state index is 0.0585. The topological polar surface area (TPSA) is 73.2 Å². The van der Waals surface area contributed by atoms with Crippen LogP contribution >= 0.6 is 0 Å². The molecule has 6 nitrogen and oxygen atoms in total. The number of aliphatic hydroxyl groups is 1. The third kappa shape index (κ3) is 10.2. The van der Waals surface area contributed by atoms with Gasteiger partial charge < -0.3 is 19.8 Å². The molecule has 0 rings (SSSR count). The van der Waals surface area contributed by atoms with E-state index in [0.29, 0.717) is 19.7 Å². The van der Waals surface area contributed by atoms with Gasteiger partial charge >= 0.3 is 5.97 Å². The first kappa shape index (κ1) is 16.3. The van der Waals surface area contributed by atoms with Crippen molar-refractivity contribution in [2.24, 2.45) is 0 Å². The first-order valence-electron chi connectivity index (χ1n) is 5.80. The van der Waals surface area contributed by atoms with Crippen LogP contribution in [0.1, 0.15) is 6.92 Å². The Bertz CT molecular complexity index is 212. The molecular formula is C11H24N2O4. The van der Waals surface area contributed by atoms with Crippen molar-refractivity contribution in [2.75, 3.05) is 53.5 Å². The zero-order chi connectivity index (χ0) is 13.3. The van der Waals surface area contributed by atoms with E-state index >= 15 is 0 Å². The normalized spacial score (nSPS) is 13.3. The molecule has 0 bridgehead atoms. The fraction of sp³-hybridized carbons (Fsp3) is 0.909. The highest BCUT2D eigenvalue weighted by Gasteiger charge is 2.14. The number of carbonyl (C=O) groups is 1. The van der Waals surface area contributed by atoms with Gasteiger partial charge in [-0.25, -0.2) is 0 Å². The largest absolute Gasteiger partial charge is 0.480 e. The molecular weight excluding hydrogens is 224 g/mol. The van der Waals surface area contributed by atoms with Crippen LogP contribution in [0.4, 0.5) is 0 Å². The standard InChI is InChI=1S/C11H24N2O4/c1-4-17-9-10(14)7-13(8-11(15)16)6-5-12(2)3/h10,14H,4-9H2,1-3H3,(H,15,16). The fourth-order valence-electron chi connectivity index (χ4n) is 1.37. The van der Waals surface area contributed by atoms with E-state index in [9.17, 15) is 9.90 Å². The minimum atomic E-state index is -0.882. The fourth-order valence-corrected chi connectivity index (χ4v) is 1.37. The number of hydrogen-bond donors (Lipinski definition) is 2. The molecule has 1 unspecified atom stereocenters. The lowest BCUT2D eigenvalue weighted by atomic mass is 10.3. The van der Waals surface area contributed by atoms with E-state index in [2.05, 4.69) is 0 Å². The van der Waals surface area contributed by atoms with E-state index in [-0.39, 0.29) is 13.2 Å². The molecule has 0 saturated heterocycles. The van der Waals surface area contributed by atoms with Crippen molar-refractivity contribution in [3.05, 3.63) is 0 Å². The third-order valence-electron chi connectivity index (χ3n) is 2.21. The number of carboxylic acids is 1. The predicted octanol–water partition coefficient (Wildman–Crippen LogP) is -0.668. The molecule has 0 spiro atoms. The van der Waals surface area contributed by atoms with Gasteiger partial charge in [0.2, 0.25) is 0 Å². The van der Waals surface area contributed by atoms with Crippen LogP contribution in [0.5, 0.6) is 0 Å². The van der Waals surface area contributed by atoms with Crippen molar-refractivity contribution in [3.8, 4) is 0 Å². The van der Waals surface area contributed by atoms with Crippen molar-refractivity contribution in [2.45, 2.75) is 13.0 Å². The van der Waals surface area contributed by atoms with Gasteiger partial charge in [-0.2, -0.15) is 0 Å². The van der Waals surface area contributed by atoms with Gasteiger partial charge in [0.1, 0.15) is 0 Å². The van der Waals surface area contributed by atoms with Gasteiger partial charge in [0.15, 0.2) is 0 Å². The molecule has 6 heteroatoms. The second-order valence-corrected chi connectivity index (χ2v) is 4.25. The summed E-state index contributed by atoms with van der Waals surface area (Å²) in [5.74, 6) is -0.882. The molecule has 0 heterocycles. The number of nitrogens with zero attached hydrogens (tertiary/aromatic N) is 2. The number of rotatable bonds is 10. The minimum Gasteiger partial charge on any atom is -0.480 e. The molecule has 0 fully saturated rings. The summed E-state index contributed by atoms with van der Waals surface area (Å²) in [7, 11) is 3.85. The summed E-state index contributed by atoms with van der Waals surface area (Å²) in [6.07, 6.45) is -0.642. The third-order valence-corrected chi connectivity index (χ3v) is 2.21. The molecule has 1 atom stereocenters. The molecule has 0 amide bonds. The van der Waals surface area contributed by atoms with E-state index in [1.54, 1.807) is 4.90 Å². The Hall–Kier alpha value is -0.690. The van der Waals surface area contributed by atoms with Gasteiger partial charge in [-0.1, -0.05) is 0 Å². The van der Waals surface area contributed by atoms with E-state index in [1.165, 1.54) is 0 Å². The van der Waals surface area contributed by atoms with E-state index in [4.69, 9.17) is 9.84 Å². The molecule has 0 saturated carbocycles. The lowest BCUT2D eigenvalue weighted by molar-refractivity contribution is -0.138. The van der Waals surface area contributed by atoms with Crippen LogP contribution in [0.3, 0.4) is 0 Å². The van der Waals surface area contributed by atoms with Crippen LogP contribution in [-0.2, 0) is 9.53 Å². The summed E-state index contributed by atoms with van der Waals surface area (Å²) in [4.78, 5) is 14.4. The Labute approximate surface area is 103 Å². The first-order valence-corrected chi connectivity index (χ1v) is 5.80. The molecule has 0 aliphatic rings. The average Bonchev–Trinajstić information content (AvgIpc) is 2.22. The number of carboxylic acid groups (broad SMARTS) is 1. The van der Waals surface area contributed by atoms with Gasteiger partial charge in [0, 0.05) is 26.2 Å². The summed E-state index contributed by atoms with van der Waals surface area (Å²) in [5.41, 5.74) is 0. The summed E-state index contributed by atoms with van der Waals surface area (Å²) >= 11 is 0. The molecule has 0 aromatic heterocycles. The summed E-state index contributed by atoms with van der Waals surface area (Å²) in [6, 6.07) is 0. The summed E-state index contributed by atoms with van der Waals surface area (Å²) in [6.45, 7) is 4.28. The van der Waals surface area contributed by atoms with Crippen molar-refractivity contribution in [1.29, 1.82) is 0 Å². The van der Waals surface area contributed by atoms with Crippen LogP contribution in [0.2, 0.25) is 0 Å². The zero-order valence-electron chi connectivity index (χ0n) is 10.9. The highest BCUT2D eigenvalue weighted by molar-refractivity contribution is 5.69. The van der Waals surface area contributed by atoms with Crippen molar-refractivity contribution in [3.63, 3.8) is 0 Å². The van der Waals surface area contributed by atoms with Crippen molar-refractivity contribution in [1.82, 2.24) is 9.80 Å². The quantitative estimate of drug-likeness (QED) is 0.534. The highest BCUT2D eigenvalue weighted by Crippen LogP contribution is 1.95. The highest BCUT2D eigenvalue weighted by atomic mass is 16.5. The SMILES string of the molecule is CCOCC(O)CN(CCN(C)C)CC(=O)O. The molecule has 0 aliphatic carbocycles. The number of hydrogen-bond acceptors (Lipinski definition) is 5. The van der Waals surface area contributed by atoms with Crippen LogP contribution in [0.25, 0.3) is 0 Å². The maximum absolute atomic E-state index is 10.7. The summed E-state index contributed by atoms with van der Waals surface area (Å²) in [5, 5.41) is 18.4. The molecule has 0 aliphatic heterocycles. The lowest BCUT2D eigenvalue weighted by Crippen LogP contribution is -2.41. The van der Waals surface area contributed by atoms with E-state index in [0.717, 1.165) is 6.54 Å². The zero-order valence-corrected chi connectivity index (χ0v) is 10.9. The van der Waals surface area contributed by atoms with E-state index < -0.39 is 12.1 Å². The van der Waals surface area contributed by atoms with Gasteiger partial charge in [0.05, 0.1) is 19.3 Å². The molecule has 0 radical (unpaired) electrons. The second-order valence-electron chi connectivity index (χ2n) is 4.25. The molecule has 0 aromatic carbocycles. The Morgan fingerprint density at radius 2 is 2.00 bits per heavy atom. The maximum atomic E-state index is 10.7. The van der Waals surface area contributed by atoms with Crippen LogP contribution in [0, 0.1) is 0 Å². The van der Waals surface area contributed by atoms with Crippen LogP contribution < -0.4 is 0 Å². The Morgan fingerprint density at radius 3 is 2.47 bits per heavy atom. The second kappa shape index (κ2) is 9.35. The smallest absolute Gasteiger partial charge is 0.317 e.